The van der Waals surface area contributed by atoms with Gasteiger partial charge in [-0.1, -0.05) is 90.1 Å². The fourth-order valence-electron chi connectivity index (χ4n) is 3.52. The summed E-state index contributed by atoms with van der Waals surface area (Å²) in [6.07, 6.45) is 0. The summed E-state index contributed by atoms with van der Waals surface area (Å²) in [5.74, 6) is 0.571. The second kappa shape index (κ2) is 8.45. The number of hydrogen-bond acceptors (Lipinski definition) is 5. The predicted octanol–water partition coefficient (Wildman–Crippen LogP) is 5.00. The second-order valence-corrected chi connectivity index (χ2v) is 8.61. The molecule has 154 valence electrons. The third kappa shape index (κ3) is 4.02. The van der Waals surface area contributed by atoms with Crippen molar-refractivity contribution in [2.24, 2.45) is 0 Å². The number of fused-ring (bicyclic) bond motifs is 1. The van der Waals surface area contributed by atoms with Gasteiger partial charge in [-0.05, 0) is 23.8 Å². The van der Waals surface area contributed by atoms with Crippen molar-refractivity contribution in [1.29, 1.82) is 0 Å². The highest BCUT2D eigenvalue weighted by Crippen LogP contribution is 2.39. The monoisotopic (exact) mass is 447 g/mol. The molecule has 2 unspecified atom stereocenters. The van der Waals surface area contributed by atoms with Gasteiger partial charge in [0.2, 0.25) is 11.1 Å². The van der Waals surface area contributed by atoms with E-state index in [1.165, 1.54) is 11.8 Å². The minimum Gasteiger partial charge on any atom is -0.325 e. The first-order chi connectivity index (χ1) is 15.2. The van der Waals surface area contributed by atoms with Gasteiger partial charge in [-0.25, -0.2) is 4.68 Å². The Balaban J connectivity index is 1.50. The zero-order chi connectivity index (χ0) is 21.2. The van der Waals surface area contributed by atoms with E-state index < -0.39 is 5.25 Å². The van der Waals surface area contributed by atoms with E-state index in [2.05, 4.69) is 20.9 Å². The number of carbonyl (C=O) groups is 1. The normalized spacial score (nSPS) is 17.5. The van der Waals surface area contributed by atoms with Crippen LogP contribution in [0.2, 0.25) is 5.02 Å². The molecule has 0 bridgehead atoms. The van der Waals surface area contributed by atoms with E-state index >= 15 is 0 Å². The summed E-state index contributed by atoms with van der Waals surface area (Å²) >= 11 is 7.46. The Labute approximate surface area is 188 Å². The molecule has 2 atom stereocenters. The Hall–Kier alpha value is -3.29. The van der Waals surface area contributed by atoms with Crippen LogP contribution in [0.1, 0.15) is 11.6 Å². The molecule has 1 aliphatic heterocycles. The van der Waals surface area contributed by atoms with Crippen LogP contribution in [0, 0.1) is 0 Å². The fourth-order valence-corrected chi connectivity index (χ4v) is 4.79. The summed E-state index contributed by atoms with van der Waals surface area (Å²) in [5.41, 5.74) is 6.07. The lowest BCUT2D eigenvalue weighted by molar-refractivity contribution is -0.116. The molecule has 1 aromatic heterocycles. The van der Waals surface area contributed by atoms with Gasteiger partial charge in [0.1, 0.15) is 5.25 Å². The molecule has 4 aromatic rings. The van der Waals surface area contributed by atoms with Crippen LogP contribution in [0.15, 0.2) is 90.1 Å². The molecule has 0 saturated heterocycles. The molecule has 8 heteroatoms. The summed E-state index contributed by atoms with van der Waals surface area (Å²) in [6.45, 7) is 0. The summed E-state index contributed by atoms with van der Waals surface area (Å²) < 4.78 is 1.86. The fraction of sp³-hybridized carbons (Fsp3) is 0.0870. The van der Waals surface area contributed by atoms with Gasteiger partial charge in [0, 0.05) is 16.3 Å². The number of aromatic nitrogens is 3. The van der Waals surface area contributed by atoms with E-state index in [0.717, 1.165) is 11.1 Å². The highest BCUT2D eigenvalue weighted by molar-refractivity contribution is 8.00. The number of benzene rings is 3. The zero-order valence-corrected chi connectivity index (χ0v) is 17.8. The number of hydrogen-bond donors (Lipinski definition) is 2. The van der Waals surface area contributed by atoms with E-state index in [-0.39, 0.29) is 11.9 Å². The van der Waals surface area contributed by atoms with Crippen LogP contribution in [0.5, 0.6) is 0 Å². The summed E-state index contributed by atoms with van der Waals surface area (Å²) in [6, 6.07) is 26.6. The van der Waals surface area contributed by atoms with E-state index in [1.54, 1.807) is 12.1 Å². The largest absolute Gasteiger partial charge is 0.325 e. The summed E-state index contributed by atoms with van der Waals surface area (Å²) in [4.78, 5) is 13.3. The maximum Gasteiger partial charge on any atom is 0.240 e. The quantitative estimate of drug-likeness (QED) is 0.460. The number of nitrogens with zero attached hydrogens (tertiary/aromatic N) is 3. The Morgan fingerprint density at radius 1 is 0.968 bits per heavy atom. The van der Waals surface area contributed by atoms with Crippen LogP contribution in [-0.2, 0) is 4.79 Å². The van der Waals surface area contributed by atoms with E-state index in [1.807, 2.05) is 77.5 Å². The van der Waals surface area contributed by atoms with Gasteiger partial charge in [-0.2, -0.15) is 0 Å². The number of rotatable bonds is 4. The van der Waals surface area contributed by atoms with Crippen molar-refractivity contribution in [3.05, 3.63) is 95.5 Å². The maximum atomic E-state index is 13.3. The molecule has 2 N–H and O–H groups in total. The van der Waals surface area contributed by atoms with Crippen molar-refractivity contribution in [2.75, 3.05) is 10.7 Å². The number of amides is 1. The molecule has 2 heterocycles. The summed E-state index contributed by atoms with van der Waals surface area (Å²) in [7, 11) is 0. The Bertz CT molecular complexity index is 1220. The van der Waals surface area contributed by atoms with Crippen molar-refractivity contribution in [3.8, 4) is 11.4 Å². The average Bonchev–Trinajstić information content (AvgIpc) is 3.22. The molecule has 0 saturated carbocycles. The molecule has 0 radical (unpaired) electrons. The molecule has 31 heavy (non-hydrogen) atoms. The van der Waals surface area contributed by atoms with Crippen molar-refractivity contribution in [1.82, 2.24) is 14.9 Å². The Morgan fingerprint density at radius 2 is 1.71 bits per heavy atom. The van der Waals surface area contributed by atoms with Crippen LogP contribution in [0.4, 0.5) is 5.69 Å². The van der Waals surface area contributed by atoms with Crippen LogP contribution in [0.3, 0.4) is 0 Å². The van der Waals surface area contributed by atoms with Gasteiger partial charge >= 0.3 is 0 Å². The smallest absolute Gasteiger partial charge is 0.240 e. The number of thioether (sulfide) groups is 1. The first-order valence-electron chi connectivity index (χ1n) is 9.74. The molecule has 0 fully saturated rings. The van der Waals surface area contributed by atoms with Gasteiger partial charge < -0.3 is 10.7 Å². The van der Waals surface area contributed by atoms with Crippen LogP contribution < -0.4 is 10.7 Å². The van der Waals surface area contributed by atoms with Gasteiger partial charge in [-0.3, -0.25) is 4.79 Å². The highest BCUT2D eigenvalue weighted by Gasteiger charge is 2.38. The molecule has 1 amide bonds. The standard InChI is InChI=1S/C23H18ClN5OS/c24-17-12-7-13-18(14-17)25-22(30)20-19(15-8-3-1-4-9-15)28-29-21(26-27-23(29)31-20)16-10-5-2-6-11-16/h1-14,19-20,28H,(H,25,30). The number of nitrogens with one attached hydrogen (secondary N) is 2. The SMILES string of the molecule is O=C(Nc1cccc(Cl)c1)C1Sc2nnc(-c3ccccc3)n2NC1c1ccccc1. The molecular formula is C23H18ClN5OS. The number of carbonyl (C=O) groups excluding carboxylic acids is 1. The second-order valence-electron chi connectivity index (χ2n) is 7.06. The molecular weight excluding hydrogens is 430 g/mol. The average molecular weight is 448 g/mol. The van der Waals surface area contributed by atoms with Gasteiger partial charge in [0.15, 0.2) is 5.82 Å². The highest BCUT2D eigenvalue weighted by atomic mass is 35.5. The molecule has 0 spiro atoms. The summed E-state index contributed by atoms with van der Waals surface area (Å²) in [5, 5.41) is 12.4. The van der Waals surface area contributed by atoms with Crippen molar-refractivity contribution in [3.63, 3.8) is 0 Å². The lowest BCUT2D eigenvalue weighted by Crippen LogP contribution is -2.41. The number of anilines is 1. The van der Waals surface area contributed by atoms with Crippen molar-refractivity contribution < 1.29 is 4.79 Å². The lowest BCUT2D eigenvalue weighted by Gasteiger charge is -2.33. The van der Waals surface area contributed by atoms with E-state index in [0.29, 0.717) is 21.7 Å². The van der Waals surface area contributed by atoms with Gasteiger partial charge in [0.05, 0.1) is 6.04 Å². The van der Waals surface area contributed by atoms with Crippen molar-refractivity contribution in [2.45, 2.75) is 16.4 Å². The minimum absolute atomic E-state index is 0.135. The minimum atomic E-state index is -0.457. The van der Waals surface area contributed by atoms with E-state index in [4.69, 9.17) is 11.6 Å². The van der Waals surface area contributed by atoms with Crippen LogP contribution >= 0.6 is 23.4 Å². The first-order valence-corrected chi connectivity index (χ1v) is 11.0. The maximum absolute atomic E-state index is 13.3. The van der Waals surface area contributed by atoms with Crippen LogP contribution in [0.25, 0.3) is 11.4 Å². The molecule has 3 aromatic carbocycles. The number of halogens is 1. The molecule has 0 aliphatic carbocycles. The van der Waals surface area contributed by atoms with E-state index in [9.17, 15) is 4.79 Å². The van der Waals surface area contributed by atoms with Crippen molar-refractivity contribution >= 4 is 35.0 Å². The Morgan fingerprint density at radius 3 is 2.45 bits per heavy atom. The third-order valence-electron chi connectivity index (χ3n) is 4.98. The topological polar surface area (TPSA) is 71.8 Å². The predicted molar refractivity (Wildman–Crippen MR) is 124 cm³/mol. The molecule has 5 rings (SSSR count). The third-order valence-corrected chi connectivity index (χ3v) is 6.43. The van der Waals surface area contributed by atoms with Gasteiger partial charge in [-0.15, -0.1) is 10.2 Å². The zero-order valence-electron chi connectivity index (χ0n) is 16.3. The lowest BCUT2D eigenvalue weighted by atomic mass is 10.0. The van der Waals surface area contributed by atoms with Crippen LogP contribution in [-0.4, -0.2) is 26.0 Å². The molecule has 1 aliphatic rings. The molecule has 6 nitrogen and oxygen atoms in total. The first kappa shape index (κ1) is 19.7. The van der Waals surface area contributed by atoms with Gasteiger partial charge in [0.25, 0.3) is 0 Å². The Kier molecular flexibility index (Phi) is 5.36.